The Morgan fingerprint density at radius 3 is 2.37 bits per heavy atom. The van der Waals surface area contributed by atoms with Crippen LogP contribution < -0.4 is 0 Å². The Hall–Kier alpha value is -1.10. The minimum absolute atomic E-state index is 0.0847. The van der Waals surface area contributed by atoms with Crippen molar-refractivity contribution in [1.29, 1.82) is 0 Å². The van der Waals surface area contributed by atoms with E-state index in [1.54, 1.807) is 0 Å². The number of piperazine rings is 1. The zero-order chi connectivity index (χ0) is 19.8. The van der Waals surface area contributed by atoms with Crippen molar-refractivity contribution < 1.29 is 25.6 Å². The van der Waals surface area contributed by atoms with Gasteiger partial charge in [0.2, 0.25) is 10.0 Å². The van der Waals surface area contributed by atoms with Crippen molar-refractivity contribution in [2.24, 2.45) is 0 Å². The third kappa shape index (κ3) is 4.33. The summed E-state index contributed by atoms with van der Waals surface area (Å²) in [6, 6.07) is 3.26. The molecule has 0 saturated carbocycles. The van der Waals surface area contributed by atoms with Crippen LogP contribution in [0, 0.1) is 11.6 Å². The van der Waals surface area contributed by atoms with E-state index in [1.165, 1.54) is 16.4 Å². The number of halogens is 2. The van der Waals surface area contributed by atoms with Gasteiger partial charge in [-0.1, -0.05) is 13.0 Å². The van der Waals surface area contributed by atoms with Crippen molar-refractivity contribution in [1.82, 2.24) is 9.21 Å². The fourth-order valence-corrected chi connectivity index (χ4v) is 8.44. The molecular formula is C17H24F2N2O4S2. The molecule has 2 aliphatic heterocycles. The molecule has 2 aliphatic rings. The van der Waals surface area contributed by atoms with E-state index in [4.69, 9.17) is 0 Å². The van der Waals surface area contributed by atoms with Gasteiger partial charge in [0.25, 0.3) is 0 Å². The molecule has 0 aromatic heterocycles. The van der Waals surface area contributed by atoms with Crippen LogP contribution in [0.1, 0.15) is 31.4 Å². The second-order valence-electron chi connectivity index (χ2n) is 7.09. The summed E-state index contributed by atoms with van der Waals surface area (Å²) in [5.41, 5.74) is 0.400. The van der Waals surface area contributed by atoms with Crippen LogP contribution in [-0.2, 0) is 19.9 Å². The molecule has 6 nitrogen and oxygen atoms in total. The molecule has 27 heavy (non-hydrogen) atoms. The molecule has 152 valence electrons. The smallest absolute Gasteiger partial charge is 0.218 e. The van der Waals surface area contributed by atoms with E-state index in [0.717, 1.165) is 6.07 Å². The van der Waals surface area contributed by atoms with Gasteiger partial charge in [-0.25, -0.2) is 25.6 Å². The van der Waals surface area contributed by atoms with Crippen LogP contribution in [0.5, 0.6) is 0 Å². The fourth-order valence-electron chi connectivity index (χ4n) is 3.92. The predicted octanol–water partition coefficient (Wildman–Crippen LogP) is 1.55. The number of sulfonamides is 1. The summed E-state index contributed by atoms with van der Waals surface area (Å²) in [7, 11) is -6.94. The van der Waals surface area contributed by atoms with Crippen molar-refractivity contribution in [2.45, 2.75) is 31.1 Å². The van der Waals surface area contributed by atoms with Crippen LogP contribution in [0.25, 0.3) is 0 Å². The predicted molar refractivity (Wildman–Crippen MR) is 98.5 cm³/mol. The van der Waals surface area contributed by atoms with Crippen LogP contribution >= 0.6 is 0 Å². The number of benzene rings is 1. The van der Waals surface area contributed by atoms with E-state index in [0.29, 0.717) is 25.1 Å². The topological polar surface area (TPSA) is 74.8 Å². The van der Waals surface area contributed by atoms with E-state index < -0.39 is 36.7 Å². The van der Waals surface area contributed by atoms with Crippen LogP contribution in [0.15, 0.2) is 18.2 Å². The molecule has 1 aromatic rings. The standard InChI is InChI=1S/C17H24F2N2O4S2/c1-2-17(15-4-3-13(18)11-16(15)19)20-6-8-21(9-7-20)27(24,25)14-5-10-26(22,23)12-14/h3-4,11,14,17H,2,5-10,12H2,1H3. The molecule has 0 spiro atoms. The molecule has 0 amide bonds. The summed E-state index contributed by atoms with van der Waals surface area (Å²) in [6.07, 6.45) is 0.749. The van der Waals surface area contributed by atoms with Crippen LogP contribution in [0.4, 0.5) is 8.78 Å². The molecule has 0 radical (unpaired) electrons. The summed E-state index contributed by atoms with van der Waals surface area (Å²) in [4.78, 5) is 1.99. The molecule has 2 unspecified atom stereocenters. The zero-order valence-electron chi connectivity index (χ0n) is 15.1. The molecule has 0 N–H and O–H groups in total. The highest BCUT2D eigenvalue weighted by molar-refractivity contribution is 7.95. The van der Waals surface area contributed by atoms with Gasteiger partial charge >= 0.3 is 0 Å². The monoisotopic (exact) mass is 422 g/mol. The molecule has 0 aliphatic carbocycles. The molecule has 3 rings (SSSR count). The Labute approximate surface area is 159 Å². The van der Waals surface area contributed by atoms with Gasteiger partial charge in [0.05, 0.1) is 16.8 Å². The average Bonchev–Trinajstić information content (AvgIpc) is 2.98. The highest BCUT2D eigenvalue weighted by Gasteiger charge is 2.41. The van der Waals surface area contributed by atoms with Crippen LogP contribution in [0.2, 0.25) is 0 Å². The Morgan fingerprint density at radius 1 is 1.19 bits per heavy atom. The molecular weight excluding hydrogens is 398 g/mol. The molecule has 2 atom stereocenters. The van der Waals surface area contributed by atoms with E-state index in [2.05, 4.69) is 0 Å². The number of nitrogens with zero attached hydrogens (tertiary/aromatic N) is 2. The lowest BCUT2D eigenvalue weighted by atomic mass is 10.0. The van der Waals surface area contributed by atoms with E-state index in [1.807, 2.05) is 11.8 Å². The number of rotatable bonds is 5. The lowest BCUT2D eigenvalue weighted by molar-refractivity contribution is 0.131. The summed E-state index contributed by atoms with van der Waals surface area (Å²) in [6.45, 7) is 3.19. The molecule has 2 saturated heterocycles. The van der Waals surface area contributed by atoms with Crippen LogP contribution in [-0.4, -0.2) is 69.0 Å². The first-order valence-electron chi connectivity index (χ1n) is 9.02. The molecule has 2 heterocycles. The maximum Gasteiger partial charge on any atom is 0.218 e. The first-order chi connectivity index (χ1) is 12.6. The Balaban J connectivity index is 1.69. The quantitative estimate of drug-likeness (QED) is 0.720. The van der Waals surface area contributed by atoms with Crippen molar-refractivity contribution in [2.75, 3.05) is 37.7 Å². The molecule has 2 fully saturated rings. The van der Waals surface area contributed by atoms with Gasteiger partial charge in [-0.15, -0.1) is 0 Å². The second-order valence-corrected chi connectivity index (χ2v) is 11.5. The second kappa shape index (κ2) is 7.73. The third-order valence-electron chi connectivity index (χ3n) is 5.39. The molecule has 10 heteroatoms. The third-order valence-corrected chi connectivity index (χ3v) is 9.70. The Bertz CT molecular complexity index is 898. The first-order valence-corrected chi connectivity index (χ1v) is 12.3. The SMILES string of the molecule is CCC(c1ccc(F)cc1F)N1CCN(S(=O)(=O)C2CCS(=O)(=O)C2)CC1. The minimum atomic E-state index is -3.66. The lowest BCUT2D eigenvalue weighted by Crippen LogP contribution is -2.52. The highest BCUT2D eigenvalue weighted by Crippen LogP contribution is 2.29. The first kappa shape index (κ1) is 20.6. The lowest BCUT2D eigenvalue weighted by Gasteiger charge is -2.39. The average molecular weight is 423 g/mol. The summed E-state index contributed by atoms with van der Waals surface area (Å²) in [5.74, 6) is -1.63. The van der Waals surface area contributed by atoms with Crippen molar-refractivity contribution >= 4 is 19.9 Å². The fraction of sp³-hybridized carbons (Fsp3) is 0.647. The maximum atomic E-state index is 14.2. The Morgan fingerprint density at radius 2 is 1.85 bits per heavy atom. The van der Waals surface area contributed by atoms with E-state index in [-0.39, 0.29) is 37.1 Å². The van der Waals surface area contributed by atoms with E-state index in [9.17, 15) is 25.6 Å². The van der Waals surface area contributed by atoms with Crippen molar-refractivity contribution in [3.8, 4) is 0 Å². The van der Waals surface area contributed by atoms with Crippen LogP contribution in [0.3, 0.4) is 0 Å². The van der Waals surface area contributed by atoms with Gasteiger partial charge in [-0.2, -0.15) is 4.31 Å². The summed E-state index contributed by atoms with van der Waals surface area (Å²) >= 11 is 0. The number of hydrogen-bond donors (Lipinski definition) is 0. The van der Waals surface area contributed by atoms with E-state index >= 15 is 0 Å². The van der Waals surface area contributed by atoms with Gasteiger partial charge in [-0.3, -0.25) is 4.90 Å². The minimum Gasteiger partial charge on any atom is -0.294 e. The van der Waals surface area contributed by atoms with Crippen molar-refractivity contribution in [3.63, 3.8) is 0 Å². The summed E-state index contributed by atoms with van der Waals surface area (Å²) in [5, 5.41) is -0.870. The number of hydrogen-bond acceptors (Lipinski definition) is 5. The zero-order valence-corrected chi connectivity index (χ0v) is 16.8. The van der Waals surface area contributed by atoms with Gasteiger partial charge in [0.1, 0.15) is 11.6 Å². The number of sulfone groups is 1. The largest absolute Gasteiger partial charge is 0.294 e. The molecule has 0 bridgehead atoms. The Kier molecular flexibility index (Phi) is 5.90. The maximum absolute atomic E-state index is 14.2. The van der Waals surface area contributed by atoms with Gasteiger partial charge in [0, 0.05) is 43.9 Å². The van der Waals surface area contributed by atoms with Gasteiger partial charge in [0.15, 0.2) is 9.84 Å². The van der Waals surface area contributed by atoms with Crippen molar-refractivity contribution in [3.05, 3.63) is 35.4 Å². The van der Waals surface area contributed by atoms with Gasteiger partial charge < -0.3 is 0 Å². The summed E-state index contributed by atoms with van der Waals surface area (Å²) < 4.78 is 77.3. The van der Waals surface area contributed by atoms with Gasteiger partial charge in [-0.05, 0) is 18.9 Å². The highest BCUT2D eigenvalue weighted by atomic mass is 32.2. The normalized spacial score (nSPS) is 25.5. The molecule has 1 aromatic carbocycles.